The van der Waals surface area contributed by atoms with E-state index in [0.29, 0.717) is 10.6 Å². The molecule has 2 aromatic carbocycles. The van der Waals surface area contributed by atoms with Gasteiger partial charge in [-0.2, -0.15) is 5.10 Å². The van der Waals surface area contributed by atoms with Crippen molar-refractivity contribution in [2.24, 2.45) is 0 Å². The number of hydrogen-bond donors (Lipinski definition) is 2. The Kier molecular flexibility index (Phi) is 4.22. The van der Waals surface area contributed by atoms with Crippen LogP contribution < -0.4 is 5.32 Å². The van der Waals surface area contributed by atoms with E-state index in [9.17, 15) is 4.79 Å². The quantitative estimate of drug-likeness (QED) is 0.461. The maximum atomic E-state index is 12.4. The van der Waals surface area contributed by atoms with Gasteiger partial charge in [0.05, 0.1) is 11.2 Å². The molecule has 0 saturated carbocycles. The lowest BCUT2D eigenvalue weighted by Crippen LogP contribution is -2.03. The molecule has 5 nitrogen and oxygen atoms in total. The number of benzene rings is 2. The van der Waals surface area contributed by atoms with Gasteiger partial charge in [0.25, 0.3) is 5.91 Å². The standard InChI is InChI=1S/C23H15ClN4O/c24-16-3-6-20-18(13-16)19(23(29)26-20)11-15-1-4-17-21(27-28-22(17)12-15)5-2-14-7-9-25-10-8-14/h1-13H,(H,26,29)(H,27,28)/b5-2+,19-11+. The molecule has 0 unspecified atom stereocenters. The van der Waals surface area contributed by atoms with E-state index in [0.717, 1.165) is 39.0 Å². The lowest BCUT2D eigenvalue weighted by atomic mass is 10.0. The number of nitrogens with zero attached hydrogens (tertiary/aromatic N) is 2. The SMILES string of the molecule is O=C1Nc2ccc(Cl)cc2/C1=C\c1ccc2c(/C=C/c3ccncc3)n[nH]c2c1. The summed E-state index contributed by atoms with van der Waals surface area (Å²) in [6.07, 6.45) is 9.34. The molecular formula is C23H15ClN4O. The Labute approximate surface area is 171 Å². The second-order valence-corrected chi connectivity index (χ2v) is 7.17. The van der Waals surface area contributed by atoms with E-state index in [1.165, 1.54) is 0 Å². The average Bonchev–Trinajstić information content (AvgIpc) is 3.28. The molecular weight excluding hydrogens is 384 g/mol. The van der Waals surface area contributed by atoms with E-state index in [4.69, 9.17) is 11.6 Å². The number of anilines is 1. The third kappa shape index (κ3) is 3.32. The van der Waals surface area contributed by atoms with Gasteiger partial charge in [0.1, 0.15) is 0 Å². The van der Waals surface area contributed by atoms with Gasteiger partial charge >= 0.3 is 0 Å². The van der Waals surface area contributed by atoms with Crippen LogP contribution in [-0.4, -0.2) is 21.1 Å². The van der Waals surface area contributed by atoms with Crippen LogP contribution in [0, 0.1) is 0 Å². The van der Waals surface area contributed by atoms with Crippen LogP contribution in [0.1, 0.15) is 22.4 Å². The van der Waals surface area contributed by atoms with Crippen molar-refractivity contribution in [3.8, 4) is 0 Å². The highest BCUT2D eigenvalue weighted by Gasteiger charge is 2.24. The number of fused-ring (bicyclic) bond motifs is 2. The normalized spacial score (nSPS) is 14.7. The van der Waals surface area contributed by atoms with Gasteiger partial charge in [-0.15, -0.1) is 0 Å². The number of hydrogen-bond acceptors (Lipinski definition) is 3. The summed E-state index contributed by atoms with van der Waals surface area (Å²) in [5.41, 5.74) is 5.90. The van der Waals surface area contributed by atoms with E-state index in [2.05, 4.69) is 20.5 Å². The van der Waals surface area contributed by atoms with Gasteiger partial charge in [0.15, 0.2) is 0 Å². The molecule has 3 heterocycles. The molecule has 0 aliphatic carbocycles. The zero-order valence-corrected chi connectivity index (χ0v) is 15.9. The van der Waals surface area contributed by atoms with Gasteiger partial charge in [-0.25, -0.2) is 0 Å². The monoisotopic (exact) mass is 398 g/mol. The summed E-state index contributed by atoms with van der Waals surface area (Å²) in [7, 11) is 0. The van der Waals surface area contributed by atoms with Crippen LogP contribution in [0.4, 0.5) is 5.69 Å². The van der Waals surface area contributed by atoms with Crippen LogP contribution in [0.3, 0.4) is 0 Å². The molecule has 1 amide bonds. The van der Waals surface area contributed by atoms with E-state index in [-0.39, 0.29) is 5.91 Å². The van der Waals surface area contributed by atoms with Gasteiger partial charge in [-0.05, 0) is 65.7 Å². The van der Waals surface area contributed by atoms with Crippen molar-refractivity contribution in [1.29, 1.82) is 0 Å². The summed E-state index contributed by atoms with van der Waals surface area (Å²) in [6.45, 7) is 0. The zero-order chi connectivity index (χ0) is 19.8. The highest BCUT2D eigenvalue weighted by molar-refractivity contribution is 6.36. The smallest absolute Gasteiger partial charge is 0.256 e. The molecule has 0 atom stereocenters. The number of aromatic nitrogens is 3. The Morgan fingerprint density at radius 1 is 0.931 bits per heavy atom. The van der Waals surface area contributed by atoms with Crippen LogP contribution in [0.5, 0.6) is 0 Å². The molecule has 5 rings (SSSR count). The molecule has 29 heavy (non-hydrogen) atoms. The maximum absolute atomic E-state index is 12.4. The first kappa shape index (κ1) is 17.4. The highest BCUT2D eigenvalue weighted by Crippen LogP contribution is 2.35. The Balaban J connectivity index is 1.49. The van der Waals surface area contributed by atoms with Gasteiger partial charge in [-0.3, -0.25) is 14.9 Å². The molecule has 0 radical (unpaired) electrons. The van der Waals surface area contributed by atoms with E-state index < -0.39 is 0 Å². The number of aromatic amines is 1. The summed E-state index contributed by atoms with van der Waals surface area (Å²) < 4.78 is 0. The minimum absolute atomic E-state index is 0.132. The fourth-order valence-corrected chi connectivity index (χ4v) is 3.57. The molecule has 140 valence electrons. The number of amides is 1. The Bertz CT molecular complexity index is 1310. The third-order valence-electron chi connectivity index (χ3n) is 4.83. The molecule has 0 fully saturated rings. The minimum Gasteiger partial charge on any atom is -0.321 e. The first-order chi connectivity index (χ1) is 14.2. The molecule has 2 aromatic heterocycles. The van der Waals surface area contributed by atoms with Crippen molar-refractivity contribution in [2.75, 3.05) is 5.32 Å². The summed E-state index contributed by atoms with van der Waals surface area (Å²) in [5, 5.41) is 11.9. The minimum atomic E-state index is -0.132. The van der Waals surface area contributed by atoms with Gasteiger partial charge in [0, 0.05) is 39.6 Å². The number of pyridine rings is 1. The molecule has 0 saturated heterocycles. The maximum Gasteiger partial charge on any atom is 0.256 e. The predicted molar refractivity (Wildman–Crippen MR) is 117 cm³/mol. The number of carbonyl (C=O) groups excluding carboxylic acids is 1. The number of rotatable bonds is 3. The Morgan fingerprint density at radius 2 is 1.79 bits per heavy atom. The summed E-state index contributed by atoms with van der Waals surface area (Å²) >= 11 is 6.10. The third-order valence-corrected chi connectivity index (χ3v) is 5.07. The van der Waals surface area contributed by atoms with Crippen molar-refractivity contribution in [1.82, 2.24) is 15.2 Å². The van der Waals surface area contributed by atoms with Crippen molar-refractivity contribution in [3.05, 3.63) is 88.3 Å². The Hall–Kier alpha value is -3.70. The number of halogens is 1. The van der Waals surface area contributed by atoms with Gasteiger partial charge in [-0.1, -0.05) is 23.7 Å². The van der Waals surface area contributed by atoms with Gasteiger partial charge in [0.2, 0.25) is 0 Å². The lowest BCUT2D eigenvalue weighted by molar-refractivity contribution is -0.110. The van der Waals surface area contributed by atoms with Crippen molar-refractivity contribution < 1.29 is 4.79 Å². The van der Waals surface area contributed by atoms with Gasteiger partial charge < -0.3 is 5.32 Å². The molecule has 2 N–H and O–H groups in total. The number of H-pyrrole nitrogens is 1. The summed E-state index contributed by atoms with van der Waals surface area (Å²) in [4.78, 5) is 16.4. The second-order valence-electron chi connectivity index (χ2n) is 6.73. The largest absolute Gasteiger partial charge is 0.321 e. The molecule has 0 bridgehead atoms. The topological polar surface area (TPSA) is 70.7 Å². The van der Waals surface area contributed by atoms with Crippen LogP contribution in [0.15, 0.2) is 60.9 Å². The Morgan fingerprint density at radius 3 is 2.66 bits per heavy atom. The fraction of sp³-hybridized carbons (Fsp3) is 0. The van der Waals surface area contributed by atoms with E-state index in [1.807, 2.05) is 54.6 Å². The highest BCUT2D eigenvalue weighted by atomic mass is 35.5. The van der Waals surface area contributed by atoms with E-state index in [1.54, 1.807) is 24.5 Å². The first-order valence-electron chi connectivity index (χ1n) is 9.06. The van der Waals surface area contributed by atoms with Crippen molar-refractivity contribution in [2.45, 2.75) is 0 Å². The summed E-state index contributed by atoms with van der Waals surface area (Å²) in [5.74, 6) is -0.132. The zero-order valence-electron chi connectivity index (χ0n) is 15.2. The van der Waals surface area contributed by atoms with Crippen LogP contribution in [0.2, 0.25) is 5.02 Å². The average molecular weight is 399 g/mol. The van der Waals surface area contributed by atoms with Crippen LogP contribution in [-0.2, 0) is 4.79 Å². The van der Waals surface area contributed by atoms with Crippen LogP contribution in [0.25, 0.3) is 34.7 Å². The van der Waals surface area contributed by atoms with Crippen molar-refractivity contribution in [3.63, 3.8) is 0 Å². The molecule has 4 aromatic rings. The molecule has 6 heteroatoms. The second kappa shape index (κ2) is 7.04. The molecule has 1 aliphatic rings. The lowest BCUT2D eigenvalue weighted by Gasteiger charge is -2.00. The van der Waals surface area contributed by atoms with Crippen LogP contribution >= 0.6 is 11.6 Å². The molecule has 0 spiro atoms. The first-order valence-corrected chi connectivity index (χ1v) is 9.44. The number of nitrogens with one attached hydrogen (secondary N) is 2. The summed E-state index contributed by atoms with van der Waals surface area (Å²) in [6, 6.07) is 15.2. The van der Waals surface area contributed by atoms with Crippen molar-refractivity contribution >= 4 is 57.9 Å². The van der Waals surface area contributed by atoms with E-state index >= 15 is 0 Å². The number of carbonyl (C=O) groups is 1. The molecule has 1 aliphatic heterocycles. The predicted octanol–water partition coefficient (Wildman–Crippen LogP) is 5.27. The fourth-order valence-electron chi connectivity index (χ4n) is 3.40.